The molecule has 1 aliphatic rings. The van der Waals surface area contributed by atoms with Crippen LogP contribution in [0.25, 0.3) is 11.1 Å². The highest BCUT2D eigenvalue weighted by molar-refractivity contribution is 5.98. The largest absolute Gasteiger partial charge is 0.508 e. The first-order valence-electron chi connectivity index (χ1n) is 14.4. The van der Waals surface area contributed by atoms with E-state index in [0.717, 1.165) is 59.6 Å². The van der Waals surface area contributed by atoms with Crippen molar-refractivity contribution in [3.05, 3.63) is 95.6 Å². The van der Waals surface area contributed by atoms with Crippen LogP contribution in [0.3, 0.4) is 0 Å². The zero-order valence-corrected chi connectivity index (χ0v) is 24.4. The molecule has 41 heavy (non-hydrogen) atoms. The summed E-state index contributed by atoms with van der Waals surface area (Å²) in [6.45, 7) is 9.98. The highest BCUT2D eigenvalue weighted by Crippen LogP contribution is 2.36. The summed E-state index contributed by atoms with van der Waals surface area (Å²) in [5.74, 6) is 1.02. The molecule has 0 atom stereocenters. The number of amides is 1. The Bertz CT molecular complexity index is 1270. The van der Waals surface area contributed by atoms with Crippen LogP contribution in [0.5, 0.6) is 11.5 Å². The number of piperazine rings is 1. The van der Waals surface area contributed by atoms with Crippen LogP contribution in [0, 0.1) is 0 Å². The number of ether oxygens (including phenoxy) is 2. The number of nitrogens with zero attached hydrogens (tertiary/aromatic N) is 2. The Kier molecular flexibility index (Phi) is 10.4. The van der Waals surface area contributed by atoms with Crippen molar-refractivity contribution in [2.45, 2.75) is 39.2 Å². The minimum Gasteiger partial charge on any atom is -0.508 e. The van der Waals surface area contributed by atoms with Crippen LogP contribution in [0.2, 0.25) is 0 Å². The maximum atomic E-state index is 12.3. The molecule has 7 heteroatoms. The Balaban J connectivity index is 1.43. The molecule has 7 nitrogen and oxygen atoms in total. The predicted octanol–water partition coefficient (Wildman–Crippen LogP) is 6.06. The molecule has 0 aromatic heterocycles. The van der Waals surface area contributed by atoms with E-state index in [1.165, 1.54) is 0 Å². The fourth-order valence-corrected chi connectivity index (χ4v) is 4.94. The van der Waals surface area contributed by atoms with Crippen LogP contribution in [0.1, 0.15) is 50.3 Å². The zero-order valence-electron chi connectivity index (χ0n) is 24.4. The summed E-state index contributed by atoms with van der Waals surface area (Å²) in [6, 6.07) is 25.6. The molecule has 2 N–H and O–H groups in total. The average Bonchev–Trinajstić information content (AvgIpc) is 2.96. The predicted molar refractivity (Wildman–Crippen MR) is 163 cm³/mol. The Morgan fingerprint density at radius 2 is 1.44 bits per heavy atom. The van der Waals surface area contributed by atoms with Gasteiger partial charge in [0.05, 0.1) is 0 Å². The molecular weight excluding hydrogens is 516 g/mol. The molecule has 3 aromatic rings. The number of carbonyl (C=O) groups excluding carboxylic acids is 1. The number of phenols is 1. The molecule has 1 heterocycles. The van der Waals surface area contributed by atoms with E-state index in [4.69, 9.17) is 9.47 Å². The van der Waals surface area contributed by atoms with Crippen molar-refractivity contribution in [1.29, 1.82) is 0 Å². The highest BCUT2D eigenvalue weighted by atomic mass is 16.6. The van der Waals surface area contributed by atoms with Crippen molar-refractivity contribution >= 4 is 17.2 Å². The fourth-order valence-electron chi connectivity index (χ4n) is 4.94. The van der Waals surface area contributed by atoms with Crippen LogP contribution in [-0.4, -0.2) is 77.6 Å². The first-order valence-corrected chi connectivity index (χ1v) is 14.4. The lowest BCUT2D eigenvalue weighted by Gasteiger charge is -2.35. The van der Waals surface area contributed by atoms with Crippen molar-refractivity contribution in [2.24, 2.45) is 0 Å². The first-order chi connectivity index (χ1) is 19.7. The number of aliphatic hydroxyl groups excluding tert-OH is 1. The number of aliphatic hydroxyl groups is 1. The molecular formula is C34H42N2O5. The third-order valence-electron chi connectivity index (χ3n) is 7.01. The number of aromatic hydroxyl groups is 1. The lowest BCUT2D eigenvalue weighted by atomic mass is 9.87. The van der Waals surface area contributed by atoms with Gasteiger partial charge in [-0.2, -0.15) is 0 Å². The Hall–Kier alpha value is -3.81. The van der Waals surface area contributed by atoms with Gasteiger partial charge in [0.25, 0.3) is 0 Å². The summed E-state index contributed by atoms with van der Waals surface area (Å²) in [4.78, 5) is 16.4. The van der Waals surface area contributed by atoms with Crippen molar-refractivity contribution in [3.63, 3.8) is 0 Å². The topological polar surface area (TPSA) is 82.5 Å². The molecule has 0 spiro atoms. The van der Waals surface area contributed by atoms with Gasteiger partial charge in [0.1, 0.15) is 23.7 Å². The van der Waals surface area contributed by atoms with E-state index in [-0.39, 0.29) is 18.4 Å². The number of carbonyl (C=O) groups is 1. The Morgan fingerprint density at radius 1 is 0.829 bits per heavy atom. The SMILES string of the molecule is CC(C)(C)OC(=O)N1CCN(CCOc2ccc(C(=C(CCCO)c3ccccc3)c3ccc(O)cc3)cc2)CC1. The number of phenolic OH excluding ortho intramolecular Hbond substituents is 1. The number of hydrogen-bond acceptors (Lipinski definition) is 6. The van der Waals surface area contributed by atoms with Crippen LogP contribution < -0.4 is 4.74 Å². The van der Waals surface area contributed by atoms with Crippen LogP contribution in [0.4, 0.5) is 4.79 Å². The van der Waals surface area contributed by atoms with Gasteiger partial charge in [-0.15, -0.1) is 0 Å². The number of rotatable bonds is 10. The number of benzene rings is 3. The second kappa shape index (κ2) is 14.2. The van der Waals surface area contributed by atoms with Crippen molar-refractivity contribution in [2.75, 3.05) is 45.9 Å². The normalized spacial score (nSPS) is 14.9. The average molecular weight is 559 g/mol. The molecule has 0 unspecified atom stereocenters. The quantitative estimate of drug-likeness (QED) is 0.295. The second-order valence-corrected chi connectivity index (χ2v) is 11.3. The molecule has 3 aromatic carbocycles. The van der Waals surface area contributed by atoms with Gasteiger partial charge in [-0.05, 0) is 85.7 Å². The molecule has 1 aliphatic heterocycles. The monoisotopic (exact) mass is 558 g/mol. The summed E-state index contributed by atoms with van der Waals surface area (Å²) in [5.41, 5.74) is 4.87. The van der Waals surface area contributed by atoms with E-state index in [0.29, 0.717) is 26.1 Å². The Morgan fingerprint density at radius 3 is 2.02 bits per heavy atom. The fraction of sp³-hybridized carbons (Fsp3) is 0.382. The van der Waals surface area contributed by atoms with Crippen molar-refractivity contribution in [1.82, 2.24) is 9.80 Å². The number of hydrogen-bond donors (Lipinski definition) is 2. The van der Waals surface area contributed by atoms with Crippen LogP contribution in [-0.2, 0) is 4.74 Å². The molecule has 1 saturated heterocycles. The van der Waals surface area contributed by atoms with E-state index < -0.39 is 5.60 Å². The van der Waals surface area contributed by atoms with E-state index in [1.54, 1.807) is 17.0 Å². The lowest BCUT2D eigenvalue weighted by molar-refractivity contribution is 0.0137. The summed E-state index contributed by atoms with van der Waals surface area (Å²) in [7, 11) is 0. The van der Waals surface area contributed by atoms with Gasteiger partial charge in [0, 0.05) is 39.3 Å². The molecule has 0 radical (unpaired) electrons. The van der Waals surface area contributed by atoms with Gasteiger partial charge in [-0.1, -0.05) is 54.6 Å². The van der Waals surface area contributed by atoms with E-state index in [9.17, 15) is 15.0 Å². The molecule has 0 saturated carbocycles. The minimum absolute atomic E-state index is 0.113. The van der Waals surface area contributed by atoms with Gasteiger partial charge in [0.15, 0.2) is 0 Å². The second-order valence-electron chi connectivity index (χ2n) is 11.3. The Labute approximate surface area is 243 Å². The first kappa shape index (κ1) is 30.2. The lowest BCUT2D eigenvalue weighted by Crippen LogP contribution is -2.50. The van der Waals surface area contributed by atoms with E-state index >= 15 is 0 Å². The van der Waals surface area contributed by atoms with Gasteiger partial charge in [-0.25, -0.2) is 4.79 Å². The molecule has 1 fully saturated rings. The van der Waals surface area contributed by atoms with E-state index in [1.807, 2.05) is 63.2 Å². The highest BCUT2D eigenvalue weighted by Gasteiger charge is 2.25. The van der Waals surface area contributed by atoms with Crippen molar-refractivity contribution in [3.8, 4) is 11.5 Å². The van der Waals surface area contributed by atoms with Gasteiger partial charge in [-0.3, -0.25) is 4.90 Å². The zero-order chi connectivity index (χ0) is 29.2. The van der Waals surface area contributed by atoms with Gasteiger partial charge >= 0.3 is 6.09 Å². The van der Waals surface area contributed by atoms with Gasteiger partial charge < -0.3 is 24.6 Å². The third-order valence-corrected chi connectivity index (χ3v) is 7.01. The number of allylic oxidation sites excluding steroid dienone is 1. The standard InChI is InChI=1S/C34H42N2O5/c1-34(2,3)41-33(39)36-21-19-35(20-22-36)23-25-40-30-17-13-28(14-18-30)32(27-11-15-29(38)16-12-27)31(10-7-24-37)26-8-5-4-6-9-26/h4-6,8-9,11-18,37-38H,7,10,19-25H2,1-3H3. The minimum atomic E-state index is -0.485. The maximum absolute atomic E-state index is 12.3. The summed E-state index contributed by atoms with van der Waals surface area (Å²) >= 11 is 0. The maximum Gasteiger partial charge on any atom is 0.410 e. The molecule has 218 valence electrons. The third kappa shape index (κ3) is 8.84. The molecule has 4 rings (SSSR count). The summed E-state index contributed by atoms with van der Waals surface area (Å²) < 4.78 is 11.6. The molecule has 0 bridgehead atoms. The van der Waals surface area contributed by atoms with Crippen LogP contribution >= 0.6 is 0 Å². The van der Waals surface area contributed by atoms with Crippen molar-refractivity contribution < 1.29 is 24.5 Å². The molecule has 1 amide bonds. The van der Waals surface area contributed by atoms with Crippen LogP contribution in [0.15, 0.2) is 78.9 Å². The van der Waals surface area contributed by atoms with E-state index in [2.05, 4.69) is 29.2 Å². The molecule has 0 aliphatic carbocycles. The summed E-state index contributed by atoms with van der Waals surface area (Å²) in [6.07, 6.45) is 1.12. The summed E-state index contributed by atoms with van der Waals surface area (Å²) in [5, 5.41) is 19.5. The van der Waals surface area contributed by atoms with Gasteiger partial charge in [0.2, 0.25) is 0 Å². The smallest absolute Gasteiger partial charge is 0.410 e.